The minimum Gasteiger partial charge on any atom is -0.321 e. The molecule has 2 unspecified atom stereocenters. The van der Waals surface area contributed by atoms with E-state index in [1.807, 2.05) is 18.2 Å². The Hall–Kier alpha value is -0.530. The van der Waals surface area contributed by atoms with E-state index in [0.29, 0.717) is 5.92 Å². The van der Waals surface area contributed by atoms with E-state index in [0.717, 1.165) is 17.4 Å². The van der Waals surface area contributed by atoms with Crippen LogP contribution in [0.25, 0.3) is 0 Å². The van der Waals surface area contributed by atoms with Crippen LogP contribution in [0.15, 0.2) is 24.3 Å². The van der Waals surface area contributed by atoms with Crippen LogP contribution in [-0.2, 0) is 5.54 Å². The Balaban J connectivity index is 2.13. The van der Waals surface area contributed by atoms with Crippen LogP contribution in [0.3, 0.4) is 0 Å². The molecule has 0 spiro atoms. The summed E-state index contributed by atoms with van der Waals surface area (Å²) in [5.41, 5.74) is 7.46. The van der Waals surface area contributed by atoms with Crippen molar-refractivity contribution in [3.8, 4) is 0 Å². The number of rotatable bonds is 3. The Labute approximate surface area is 96.6 Å². The zero-order valence-corrected chi connectivity index (χ0v) is 10.1. The molecule has 0 saturated heterocycles. The van der Waals surface area contributed by atoms with E-state index >= 15 is 0 Å². The van der Waals surface area contributed by atoms with Crippen molar-refractivity contribution in [3.63, 3.8) is 0 Å². The summed E-state index contributed by atoms with van der Waals surface area (Å²) >= 11 is 5.98. The summed E-state index contributed by atoms with van der Waals surface area (Å²) < 4.78 is 0. The molecule has 1 aromatic rings. The molecule has 1 saturated carbocycles. The maximum atomic E-state index is 6.37. The predicted molar refractivity (Wildman–Crippen MR) is 64.9 cm³/mol. The van der Waals surface area contributed by atoms with Gasteiger partial charge in [0, 0.05) is 10.6 Å². The predicted octanol–water partition coefficient (Wildman–Crippen LogP) is 3.56. The van der Waals surface area contributed by atoms with Gasteiger partial charge >= 0.3 is 0 Å². The fraction of sp³-hybridized carbons (Fsp3) is 0.538. The van der Waals surface area contributed by atoms with Gasteiger partial charge in [0.15, 0.2) is 0 Å². The molecule has 0 aromatic heterocycles. The van der Waals surface area contributed by atoms with Crippen LogP contribution in [0.1, 0.15) is 32.3 Å². The van der Waals surface area contributed by atoms with Gasteiger partial charge in [0.1, 0.15) is 0 Å². The normalized spacial score (nSPS) is 29.5. The van der Waals surface area contributed by atoms with Gasteiger partial charge in [-0.25, -0.2) is 0 Å². The van der Waals surface area contributed by atoms with E-state index in [1.165, 1.54) is 12.0 Å². The van der Waals surface area contributed by atoms with Gasteiger partial charge in [-0.1, -0.05) is 37.6 Å². The van der Waals surface area contributed by atoms with Crippen LogP contribution in [-0.4, -0.2) is 0 Å². The van der Waals surface area contributed by atoms with Gasteiger partial charge in [-0.2, -0.15) is 0 Å². The lowest BCUT2D eigenvalue weighted by Gasteiger charge is -2.13. The summed E-state index contributed by atoms with van der Waals surface area (Å²) in [6.45, 7) is 4.49. The molecule has 0 aliphatic heterocycles. The monoisotopic (exact) mass is 223 g/mol. The molecule has 1 fully saturated rings. The van der Waals surface area contributed by atoms with Gasteiger partial charge < -0.3 is 5.73 Å². The van der Waals surface area contributed by atoms with Crippen molar-refractivity contribution in [1.29, 1.82) is 0 Å². The number of hydrogen-bond donors (Lipinski definition) is 1. The van der Waals surface area contributed by atoms with Gasteiger partial charge in [0.25, 0.3) is 0 Å². The average Bonchev–Trinajstić information content (AvgIpc) is 2.77. The highest BCUT2D eigenvalue weighted by atomic mass is 35.5. The molecule has 15 heavy (non-hydrogen) atoms. The summed E-state index contributed by atoms with van der Waals surface area (Å²) in [6, 6.07) is 7.97. The maximum absolute atomic E-state index is 6.37. The highest BCUT2D eigenvalue weighted by Gasteiger charge is 2.51. The lowest BCUT2D eigenvalue weighted by atomic mass is 9.98. The molecule has 0 heterocycles. The van der Waals surface area contributed by atoms with Gasteiger partial charge in [0.2, 0.25) is 0 Å². The molecule has 2 atom stereocenters. The summed E-state index contributed by atoms with van der Waals surface area (Å²) in [7, 11) is 0. The first-order valence-electron chi connectivity index (χ1n) is 5.57. The first kappa shape index (κ1) is 11.0. The Morgan fingerprint density at radius 1 is 1.53 bits per heavy atom. The number of hydrogen-bond acceptors (Lipinski definition) is 1. The average molecular weight is 224 g/mol. The van der Waals surface area contributed by atoms with E-state index in [-0.39, 0.29) is 5.54 Å². The first-order valence-corrected chi connectivity index (χ1v) is 5.95. The highest BCUT2D eigenvalue weighted by molar-refractivity contribution is 6.30. The van der Waals surface area contributed by atoms with Crippen molar-refractivity contribution in [1.82, 2.24) is 0 Å². The maximum Gasteiger partial charge on any atom is 0.0443 e. The van der Waals surface area contributed by atoms with Crippen molar-refractivity contribution in [2.45, 2.75) is 32.2 Å². The van der Waals surface area contributed by atoms with E-state index in [1.54, 1.807) is 0 Å². The largest absolute Gasteiger partial charge is 0.321 e. The van der Waals surface area contributed by atoms with Crippen LogP contribution in [0.2, 0.25) is 5.02 Å². The third kappa shape index (κ3) is 2.19. The van der Waals surface area contributed by atoms with Crippen LogP contribution in [0, 0.1) is 11.8 Å². The molecule has 0 bridgehead atoms. The van der Waals surface area contributed by atoms with Crippen molar-refractivity contribution in [2.75, 3.05) is 0 Å². The SMILES string of the molecule is CC(C)CC1CC1(N)c1cccc(Cl)c1. The lowest BCUT2D eigenvalue weighted by Crippen LogP contribution is -2.22. The minimum atomic E-state index is -0.102. The van der Waals surface area contributed by atoms with Gasteiger partial charge in [-0.15, -0.1) is 0 Å². The smallest absolute Gasteiger partial charge is 0.0443 e. The first-order chi connectivity index (χ1) is 7.02. The fourth-order valence-corrected chi connectivity index (χ4v) is 2.53. The zero-order valence-electron chi connectivity index (χ0n) is 9.33. The summed E-state index contributed by atoms with van der Waals surface area (Å²) in [5.74, 6) is 1.36. The lowest BCUT2D eigenvalue weighted by molar-refractivity contribution is 0.491. The molecule has 0 radical (unpaired) electrons. The second kappa shape index (κ2) is 3.80. The zero-order chi connectivity index (χ0) is 11.1. The van der Waals surface area contributed by atoms with Crippen molar-refractivity contribution in [3.05, 3.63) is 34.9 Å². The molecular weight excluding hydrogens is 206 g/mol. The van der Waals surface area contributed by atoms with E-state index in [4.69, 9.17) is 17.3 Å². The van der Waals surface area contributed by atoms with Crippen LogP contribution in [0.5, 0.6) is 0 Å². The van der Waals surface area contributed by atoms with Crippen LogP contribution < -0.4 is 5.73 Å². The molecular formula is C13H18ClN. The summed E-state index contributed by atoms with van der Waals surface area (Å²) in [5, 5.41) is 0.785. The highest BCUT2D eigenvalue weighted by Crippen LogP contribution is 2.52. The molecule has 2 heteroatoms. The van der Waals surface area contributed by atoms with Crippen molar-refractivity contribution < 1.29 is 0 Å². The molecule has 2 N–H and O–H groups in total. The minimum absolute atomic E-state index is 0.102. The van der Waals surface area contributed by atoms with Gasteiger partial charge in [-0.05, 0) is 42.4 Å². The topological polar surface area (TPSA) is 26.0 Å². The van der Waals surface area contributed by atoms with Crippen molar-refractivity contribution in [2.24, 2.45) is 17.6 Å². The third-order valence-corrected chi connectivity index (χ3v) is 3.51. The quantitative estimate of drug-likeness (QED) is 0.833. The molecule has 1 nitrogen and oxygen atoms in total. The molecule has 82 valence electrons. The third-order valence-electron chi connectivity index (χ3n) is 3.27. The Kier molecular flexibility index (Phi) is 2.78. The fourth-order valence-electron chi connectivity index (χ4n) is 2.34. The summed E-state index contributed by atoms with van der Waals surface area (Å²) in [4.78, 5) is 0. The molecule has 1 aliphatic carbocycles. The standard InChI is InChI=1S/C13H18ClN/c1-9(2)6-11-8-13(11,15)10-4-3-5-12(14)7-10/h3-5,7,9,11H,6,8,15H2,1-2H3. The number of nitrogens with two attached hydrogens (primary N) is 1. The molecule has 1 aromatic carbocycles. The second-order valence-corrected chi connectivity index (χ2v) is 5.52. The number of halogens is 1. The Morgan fingerprint density at radius 3 is 2.87 bits per heavy atom. The van der Waals surface area contributed by atoms with E-state index < -0.39 is 0 Å². The second-order valence-electron chi connectivity index (χ2n) is 5.08. The van der Waals surface area contributed by atoms with E-state index in [2.05, 4.69) is 19.9 Å². The molecule has 1 aliphatic rings. The molecule has 2 rings (SSSR count). The number of benzene rings is 1. The Morgan fingerprint density at radius 2 is 2.27 bits per heavy atom. The van der Waals surface area contributed by atoms with Crippen molar-refractivity contribution >= 4 is 11.6 Å². The van der Waals surface area contributed by atoms with Crippen LogP contribution >= 0.6 is 11.6 Å². The van der Waals surface area contributed by atoms with E-state index in [9.17, 15) is 0 Å². The Bertz CT molecular complexity index is 361. The van der Waals surface area contributed by atoms with Crippen LogP contribution in [0.4, 0.5) is 0 Å². The molecule has 0 amide bonds. The summed E-state index contributed by atoms with van der Waals surface area (Å²) in [6.07, 6.45) is 2.31. The van der Waals surface area contributed by atoms with Gasteiger partial charge in [0.05, 0.1) is 0 Å². The van der Waals surface area contributed by atoms with Gasteiger partial charge in [-0.3, -0.25) is 0 Å².